The van der Waals surface area contributed by atoms with Crippen molar-refractivity contribution in [1.82, 2.24) is 15.3 Å². The maximum atomic E-state index is 14.0. The summed E-state index contributed by atoms with van der Waals surface area (Å²) in [5.41, 5.74) is -0.521. The molecular weight excluding hydrogens is 422 g/mol. The molecule has 0 radical (unpaired) electrons. The third-order valence-corrected chi connectivity index (χ3v) is 4.45. The molecule has 1 N–H and O–H groups in total. The quantitative estimate of drug-likeness (QED) is 0.717. The van der Waals surface area contributed by atoms with Crippen molar-refractivity contribution >= 4 is 35.0 Å². The van der Waals surface area contributed by atoms with Crippen LogP contribution in [-0.4, -0.2) is 28.5 Å². The average Bonchev–Trinajstić information content (AvgIpc) is 3.18. The normalized spacial score (nSPS) is 19.3. The highest BCUT2D eigenvalue weighted by atomic mass is 35.5. The summed E-state index contributed by atoms with van der Waals surface area (Å²) in [5, 5.41) is 4.11. The van der Waals surface area contributed by atoms with Crippen LogP contribution < -0.4 is 5.48 Å². The summed E-state index contributed by atoms with van der Waals surface area (Å²) in [7, 11) is 0. The maximum absolute atomic E-state index is 14.0. The molecule has 3 rings (SSSR count). The van der Waals surface area contributed by atoms with Crippen LogP contribution in [-0.2, 0) is 15.2 Å². The van der Waals surface area contributed by atoms with Crippen molar-refractivity contribution in [3.8, 4) is 0 Å². The van der Waals surface area contributed by atoms with Gasteiger partial charge in [0, 0.05) is 27.9 Å². The Kier molecular flexibility index (Phi) is 5.35. The summed E-state index contributed by atoms with van der Waals surface area (Å²) in [4.78, 5) is 16.9. The zero-order valence-corrected chi connectivity index (χ0v) is 16.1. The molecule has 0 saturated carbocycles. The van der Waals surface area contributed by atoms with Crippen molar-refractivity contribution in [3.05, 3.63) is 57.3 Å². The van der Waals surface area contributed by atoms with Crippen LogP contribution in [0.1, 0.15) is 28.5 Å². The number of esters is 1. The van der Waals surface area contributed by atoms with Crippen molar-refractivity contribution in [1.29, 1.82) is 0 Å². The molecule has 0 fully saturated rings. The largest absolute Gasteiger partial charge is 0.462 e. The summed E-state index contributed by atoms with van der Waals surface area (Å²) in [6.45, 7) is 3.33. The number of nitrogens with one attached hydrogen (secondary N) is 1. The van der Waals surface area contributed by atoms with Gasteiger partial charge in [-0.2, -0.15) is 18.3 Å². The fourth-order valence-corrected chi connectivity index (χ4v) is 3.23. The highest BCUT2D eigenvalue weighted by Crippen LogP contribution is 2.47. The van der Waals surface area contributed by atoms with Gasteiger partial charge in [0.15, 0.2) is 5.82 Å². The van der Waals surface area contributed by atoms with Crippen LogP contribution in [0.25, 0.3) is 5.82 Å². The first kappa shape index (κ1) is 20.5. The van der Waals surface area contributed by atoms with Crippen LogP contribution in [0, 0.1) is 6.92 Å². The van der Waals surface area contributed by atoms with E-state index in [4.69, 9.17) is 32.8 Å². The lowest BCUT2D eigenvalue weighted by molar-refractivity contribution is -0.269. The molecule has 11 heteroatoms. The summed E-state index contributed by atoms with van der Waals surface area (Å²) >= 11 is 11.7. The van der Waals surface area contributed by atoms with Crippen LogP contribution in [0.5, 0.6) is 0 Å². The lowest BCUT2D eigenvalue weighted by Gasteiger charge is -2.28. The molecule has 1 aromatic heterocycles. The molecule has 6 nitrogen and oxygen atoms in total. The summed E-state index contributed by atoms with van der Waals surface area (Å²) in [6, 6.07) is 3.53. The van der Waals surface area contributed by atoms with E-state index < -0.39 is 17.7 Å². The van der Waals surface area contributed by atoms with Gasteiger partial charge in [-0.3, -0.25) is 0 Å². The van der Waals surface area contributed by atoms with Crippen molar-refractivity contribution in [3.63, 3.8) is 0 Å². The second kappa shape index (κ2) is 7.31. The number of carbonyl (C=O) groups excluding carboxylic acids is 1. The molecule has 1 aromatic carbocycles. The lowest BCUT2D eigenvalue weighted by atomic mass is 9.93. The molecule has 0 amide bonds. The van der Waals surface area contributed by atoms with E-state index in [0.717, 1.165) is 22.9 Å². The highest BCUT2D eigenvalue weighted by molar-refractivity contribution is 6.34. The molecule has 0 aliphatic carbocycles. The van der Waals surface area contributed by atoms with Crippen molar-refractivity contribution in [2.24, 2.45) is 0 Å². The SMILES string of the molecule is CCOC(=O)c1cn(C2=CC(c3cc(Cl)cc(Cl)c3)(C(F)(F)F)ON2)nc1C. The standard InChI is InChI=1S/C17H14Cl2F3N3O3/c1-3-27-15(26)13-8-25(23-9(13)2)14-7-16(28-24-14,17(20,21)22)10-4-11(18)6-12(19)5-10/h4-8,24H,3H2,1-2H3. The van der Waals surface area contributed by atoms with Gasteiger partial charge in [0.2, 0.25) is 5.60 Å². The molecule has 2 aromatic rings. The lowest BCUT2D eigenvalue weighted by Crippen LogP contribution is -2.42. The van der Waals surface area contributed by atoms with Crippen LogP contribution in [0.3, 0.4) is 0 Å². The Morgan fingerprint density at radius 3 is 2.54 bits per heavy atom. The fourth-order valence-electron chi connectivity index (χ4n) is 2.70. The van der Waals surface area contributed by atoms with E-state index >= 15 is 0 Å². The number of halogens is 5. The van der Waals surface area contributed by atoms with E-state index in [1.54, 1.807) is 6.92 Å². The Bertz CT molecular complexity index is 939. The van der Waals surface area contributed by atoms with Crippen LogP contribution >= 0.6 is 23.2 Å². The molecule has 2 heterocycles. The van der Waals surface area contributed by atoms with Gasteiger partial charge in [0.1, 0.15) is 5.56 Å². The molecule has 0 spiro atoms. The van der Waals surface area contributed by atoms with Gasteiger partial charge in [-0.15, -0.1) is 0 Å². The minimum Gasteiger partial charge on any atom is -0.462 e. The molecule has 1 aliphatic heterocycles. The number of alkyl halides is 3. The van der Waals surface area contributed by atoms with E-state index in [-0.39, 0.29) is 39.3 Å². The van der Waals surface area contributed by atoms with Gasteiger partial charge in [0.05, 0.1) is 12.3 Å². The Morgan fingerprint density at radius 1 is 1.32 bits per heavy atom. The van der Waals surface area contributed by atoms with Crippen LogP contribution in [0.2, 0.25) is 10.0 Å². The first-order valence-electron chi connectivity index (χ1n) is 8.01. The molecule has 28 heavy (non-hydrogen) atoms. The van der Waals surface area contributed by atoms with Crippen LogP contribution in [0.4, 0.5) is 13.2 Å². The first-order chi connectivity index (χ1) is 13.1. The Balaban J connectivity index is 2.08. The summed E-state index contributed by atoms with van der Waals surface area (Å²) in [5.74, 6) is -0.762. The van der Waals surface area contributed by atoms with Gasteiger partial charge in [-0.25, -0.2) is 19.8 Å². The molecule has 150 valence electrons. The van der Waals surface area contributed by atoms with Crippen molar-refractivity contribution in [2.75, 3.05) is 6.61 Å². The van der Waals surface area contributed by atoms with E-state index in [9.17, 15) is 18.0 Å². The Labute approximate surface area is 167 Å². The molecule has 1 aliphatic rings. The predicted molar refractivity (Wildman–Crippen MR) is 95.6 cm³/mol. The van der Waals surface area contributed by atoms with Crippen molar-refractivity contribution in [2.45, 2.75) is 25.6 Å². The second-order valence-electron chi connectivity index (χ2n) is 5.92. The second-order valence-corrected chi connectivity index (χ2v) is 6.79. The number of aromatic nitrogens is 2. The van der Waals surface area contributed by atoms with Gasteiger partial charge in [-0.05, 0) is 32.0 Å². The smallest absolute Gasteiger partial charge is 0.428 e. The fraction of sp³-hybridized carbons (Fsp3) is 0.294. The Hall–Kier alpha value is -2.23. The number of carbonyl (C=O) groups is 1. The van der Waals surface area contributed by atoms with Gasteiger partial charge in [-0.1, -0.05) is 23.2 Å². The number of hydrogen-bond donors (Lipinski definition) is 1. The average molecular weight is 436 g/mol. The third kappa shape index (κ3) is 3.57. The van der Waals surface area contributed by atoms with Gasteiger partial charge in [0.25, 0.3) is 0 Å². The van der Waals surface area contributed by atoms with Crippen LogP contribution in [0.15, 0.2) is 30.5 Å². The number of ether oxygens (including phenoxy) is 1. The first-order valence-corrected chi connectivity index (χ1v) is 8.77. The monoisotopic (exact) mass is 435 g/mol. The minimum absolute atomic E-state index is 0.0242. The van der Waals surface area contributed by atoms with E-state index in [1.165, 1.54) is 19.2 Å². The van der Waals surface area contributed by atoms with Gasteiger partial charge >= 0.3 is 12.1 Å². The van der Waals surface area contributed by atoms with Crippen molar-refractivity contribution < 1.29 is 27.5 Å². The third-order valence-electron chi connectivity index (χ3n) is 4.01. The number of hydroxylamine groups is 1. The zero-order chi connectivity index (χ0) is 20.7. The number of nitrogens with zero attached hydrogens (tertiary/aromatic N) is 2. The molecular formula is C17H14Cl2F3N3O3. The molecule has 0 saturated heterocycles. The number of benzene rings is 1. The zero-order valence-electron chi connectivity index (χ0n) is 14.6. The minimum atomic E-state index is -4.85. The molecule has 0 bridgehead atoms. The molecule has 1 unspecified atom stereocenters. The summed E-state index contributed by atoms with van der Waals surface area (Å²) in [6.07, 6.45) is -2.79. The topological polar surface area (TPSA) is 65.4 Å². The van der Waals surface area contributed by atoms with E-state index in [2.05, 4.69) is 10.6 Å². The Morgan fingerprint density at radius 2 is 1.96 bits per heavy atom. The molecule has 1 atom stereocenters. The maximum Gasteiger partial charge on any atom is 0.428 e. The van der Waals surface area contributed by atoms with Gasteiger partial charge < -0.3 is 4.74 Å². The summed E-state index contributed by atoms with van der Waals surface area (Å²) < 4.78 is 47.9. The van der Waals surface area contributed by atoms with E-state index in [0.29, 0.717) is 0 Å². The van der Waals surface area contributed by atoms with E-state index in [1.807, 2.05) is 0 Å². The number of hydrogen-bond acceptors (Lipinski definition) is 5. The number of rotatable bonds is 4. The number of aryl methyl sites for hydroxylation is 1. The predicted octanol–water partition coefficient (Wildman–Crippen LogP) is 4.47. The highest BCUT2D eigenvalue weighted by Gasteiger charge is 2.60.